The van der Waals surface area contributed by atoms with Crippen LogP contribution in [0.3, 0.4) is 0 Å². The standard InChI is InChI=1S/C19H22FN3O2/c20-18-4-2-1-3-15(18)5-8-19(24)23-11-12-25-17(13-23)7-6-16-9-10-21-14-22-16/h1-4,9-10,14,17H,5-8,11-13H2/t17-/m0/s1. The predicted molar refractivity (Wildman–Crippen MR) is 91.4 cm³/mol. The first-order valence-corrected chi connectivity index (χ1v) is 8.60. The first kappa shape index (κ1) is 17.5. The van der Waals surface area contributed by atoms with Crippen LogP contribution in [0.2, 0.25) is 0 Å². The molecule has 132 valence electrons. The summed E-state index contributed by atoms with van der Waals surface area (Å²) >= 11 is 0. The SMILES string of the molecule is O=C(CCc1ccccc1F)N1CCO[C@@H](CCc2ccncn2)C1. The van der Waals surface area contributed by atoms with Gasteiger partial charge in [-0.2, -0.15) is 0 Å². The van der Waals surface area contributed by atoms with E-state index in [1.54, 1.807) is 24.4 Å². The smallest absolute Gasteiger partial charge is 0.223 e. The van der Waals surface area contributed by atoms with Crippen molar-refractivity contribution in [3.05, 3.63) is 59.9 Å². The number of morpholine rings is 1. The van der Waals surface area contributed by atoms with Gasteiger partial charge in [0, 0.05) is 31.4 Å². The van der Waals surface area contributed by atoms with Gasteiger partial charge in [0.1, 0.15) is 12.1 Å². The fourth-order valence-electron chi connectivity index (χ4n) is 3.00. The van der Waals surface area contributed by atoms with Crippen LogP contribution in [0.25, 0.3) is 0 Å². The van der Waals surface area contributed by atoms with Gasteiger partial charge in [-0.3, -0.25) is 4.79 Å². The second-order valence-corrected chi connectivity index (χ2v) is 6.16. The van der Waals surface area contributed by atoms with Gasteiger partial charge in [0.25, 0.3) is 0 Å². The Kier molecular flexibility index (Phi) is 6.06. The van der Waals surface area contributed by atoms with Crippen molar-refractivity contribution < 1.29 is 13.9 Å². The number of ether oxygens (including phenoxy) is 1. The summed E-state index contributed by atoms with van der Waals surface area (Å²) < 4.78 is 19.4. The number of hydrogen-bond acceptors (Lipinski definition) is 4. The lowest BCUT2D eigenvalue weighted by molar-refractivity contribution is -0.138. The van der Waals surface area contributed by atoms with Gasteiger partial charge in [0.05, 0.1) is 12.7 Å². The highest BCUT2D eigenvalue weighted by atomic mass is 19.1. The van der Waals surface area contributed by atoms with E-state index in [4.69, 9.17) is 4.74 Å². The first-order valence-electron chi connectivity index (χ1n) is 8.60. The maximum absolute atomic E-state index is 13.7. The number of benzene rings is 1. The summed E-state index contributed by atoms with van der Waals surface area (Å²) in [6.45, 7) is 1.72. The van der Waals surface area contributed by atoms with E-state index in [0.717, 1.165) is 18.5 Å². The molecule has 1 aliphatic heterocycles. The summed E-state index contributed by atoms with van der Waals surface area (Å²) in [4.78, 5) is 22.4. The minimum Gasteiger partial charge on any atom is -0.375 e. The van der Waals surface area contributed by atoms with E-state index in [2.05, 4.69) is 9.97 Å². The number of halogens is 1. The molecule has 1 aromatic heterocycles. The Morgan fingerprint density at radius 2 is 2.16 bits per heavy atom. The zero-order valence-electron chi connectivity index (χ0n) is 14.1. The molecule has 1 saturated heterocycles. The fourth-order valence-corrected chi connectivity index (χ4v) is 3.00. The third-order valence-electron chi connectivity index (χ3n) is 4.42. The van der Waals surface area contributed by atoms with E-state index in [9.17, 15) is 9.18 Å². The minimum absolute atomic E-state index is 0.0149. The minimum atomic E-state index is -0.250. The van der Waals surface area contributed by atoms with Crippen molar-refractivity contribution >= 4 is 5.91 Å². The summed E-state index contributed by atoms with van der Waals surface area (Å²) in [7, 11) is 0. The number of aryl methyl sites for hydroxylation is 2. The van der Waals surface area contributed by atoms with Crippen LogP contribution >= 0.6 is 0 Å². The summed E-state index contributed by atoms with van der Waals surface area (Å²) in [6.07, 6.45) is 5.63. The summed E-state index contributed by atoms with van der Waals surface area (Å²) in [5.74, 6) is -0.196. The van der Waals surface area contributed by atoms with E-state index in [1.807, 2.05) is 11.0 Å². The zero-order chi connectivity index (χ0) is 17.5. The highest BCUT2D eigenvalue weighted by Gasteiger charge is 2.24. The highest BCUT2D eigenvalue weighted by molar-refractivity contribution is 5.76. The van der Waals surface area contributed by atoms with Crippen LogP contribution in [0.5, 0.6) is 0 Å². The van der Waals surface area contributed by atoms with Crippen LogP contribution in [0.1, 0.15) is 24.1 Å². The van der Waals surface area contributed by atoms with Crippen molar-refractivity contribution in [2.75, 3.05) is 19.7 Å². The molecule has 1 aromatic carbocycles. The molecule has 0 saturated carbocycles. The molecule has 0 aliphatic carbocycles. The Labute approximate surface area is 146 Å². The van der Waals surface area contributed by atoms with E-state index >= 15 is 0 Å². The number of carbonyl (C=O) groups is 1. The quantitative estimate of drug-likeness (QED) is 0.808. The number of carbonyl (C=O) groups excluding carboxylic acids is 1. The molecule has 0 unspecified atom stereocenters. The van der Waals surface area contributed by atoms with E-state index in [-0.39, 0.29) is 17.8 Å². The fraction of sp³-hybridized carbons (Fsp3) is 0.421. The number of rotatable bonds is 6. The van der Waals surface area contributed by atoms with Crippen LogP contribution in [-0.4, -0.2) is 46.6 Å². The molecule has 6 heteroatoms. The molecule has 0 radical (unpaired) electrons. The number of aromatic nitrogens is 2. The molecule has 25 heavy (non-hydrogen) atoms. The molecular formula is C19H22FN3O2. The monoisotopic (exact) mass is 343 g/mol. The molecule has 1 atom stereocenters. The summed E-state index contributed by atoms with van der Waals surface area (Å²) in [6, 6.07) is 8.50. The van der Waals surface area contributed by atoms with Crippen molar-refractivity contribution in [3.63, 3.8) is 0 Å². The Balaban J connectivity index is 1.47. The Morgan fingerprint density at radius 3 is 2.96 bits per heavy atom. The molecule has 1 amide bonds. The topological polar surface area (TPSA) is 55.3 Å². The van der Waals surface area contributed by atoms with Crippen LogP contribution in [0.4, 0.5) is 4.39 Å². The summed E-state index contributed by atoms with van der Waals surface area (Å²) in [5.41, 5.74) is 1.56. The molecule has 1 fully saturated rings. The van der Waals surface area contributed by atoms with Crippen molar-refractivity contribution in [2.24, 2.45) is 0 Å². The van der Waals surface area contributed by atoms with Crippen LogP contribution in [0, 0.1) is 5.82 Å². The third kappa shape index (κ3) is 5.06. The van der Waals surface area contributed by atoms with Crippen LogP contribution < -0.4 is 0 Å². The van der Waals surface area contributed by atoms with E-state index in [0.29, 0.717) is 38.1 Å². The van der Waals surface area contributed by atoms with Gasteiger partial charge in [0.2, 0.25) is 5.91 Å². The van der Waals surface area contributed by atoms with E-state index in [1.165, 1.54) is 12.4 Å². The number of amides is 1. The molecule has 3 rings (SSSR count). The lowest BCUT2D eigenvalue weighted by atomic mass is 10.1. The van der Waals surface area contributed by atoms with Crippen LogP contribution in [-0.2, 0) is 22.4 Å². The lowest BCUT2D eigenvalue weighted by Crippen LogP contribution is -2.45. The van der Waals surface area contributed by atoms with Gasteiger partial charge < -0.3 is 9.64 Å². The van der Waals surface area contributed by atoms with Gasteiger partial charge in [-0.25, -0.2) is 14.4 Å². The Hall–Kier alpha value is -2.34. The predicted octanol–water partition coefficient (Wildman–Crippen LogP) is 2.41. The average Bonchev–Trinajstić information content (AvgIpc) is 2.66. The van der Waals surface area contributed by atoms with E-state index < -0.39 is 0 Å². The average molecular weight is 343 g/mol. The second-order valence-electron chi connectivity index (χ2n) is 6.16. The van der Waals surface area contributed by atoms with Crippen molar-refractivity contribution in [3.8, 4) is 0 Å². The van der Waals surface area contributed by atoms with Gasteiger partial charge in [-0.15, -0.1) is 0 Å². The molecule has 1 aliphatic rings. The molecule has 0 bridgehead atoms. The molecule has 5 nitrogen and oxygen atoms in total. The van der Waals surface area contributed by atoms with Crippen molar-refractivity contribution in [1.29, 1.82) is 0 Å². The lowest BCUT2D eigenvalue weighted by Gasteiger charge is -2.33. The molecule has 2 aromatic rings. The third-order valence-corrected chi connectivity index (χ3v) is 4.42. The van der Waals surface area contributed by atoms with Gasteiger partial charge >= 0.3 is 0 Å². The zero-order valence-corrected chi connectivity index (χ0v) is 14.1. The first-order chi connectivity index (χ1) is 12.2. The van der Waals surface area contributed by atoms with Gasteiger partial charge in [-0.1, -0.05) is 18.2 Å². The molecule has 0 spiro atoms. The maximum atomic E-state index is 13.7. The Morgan fingerprint density at radius 1 is 1.28 bits per heavy atom. The Bertz CT molecular complexity index is 696. The van der Waals surface area contributed by atoms with Gasteiger partial charge in [0.15, 0.2) is 0 Å². The largest absolute Gasteiger partial charge is 0.375 e. The normalized spacial score (nSPS) is 17.5. The maximum Gasteiger partial charge on any atom is 0.223 e. The van der Waals surface area contributed by atoms with Crippen LogP contribution in [0.15, 0.2) is 42.9 Å². The number of hydrogen-bond donors (Lipinski definition) is 0. The second kappa shape index (κ2) is 8.67. The molecule has 2 heterocycles. The highest BCUT2D eigenvalue weighted by Crippen LogP contribution is 2.14. The van der Waals surface area contributed by atoms with Crippen molar-refractivity contribution in [1.82, 2.24) is 14.9 Å². The van der Waals surface area contributed by atoms with Crippen molar-refractivity contribution in [2.45, 2.75) is 31.8 Å². The molecule has 0 N–H and O–H groups in total. The van der Waals surface area contributed by atoms with Gasteiger partial charge in [-0.05, 0) is 37.0 Å². The molecular weight excluding hydrogens is 321 g/mol. The summed E-state index contributed by atoms with van der Waals surface area (Å²) in [5, 5.41) is 0. The number of nitrogens with zero attached hydrogens (tertiary/aromatic N) is 3.